The molecule has 0 aromatic heterocycles. The largest absolute Gasteiger partial charge is 0.378 e. The summed E-state index contributed by atoms with van der Waals surface area (Å²) in [5.74, 6) is -0.0126. The van der Waals surface area contributed by atoms with Gasteiger partial charge in [0, 0.05) is 13.1 Å². The monoisotopic (exact) mass is 416 g/mol. The van der Waals surface area contributed by atoms with Gasteiger partial charge in [0.15, 0.2) is 12.6 Å². The van der Waals surface area contributed by atoms with Crippen molar-refractivity contribution in [3.8, 4) is 0 Å². The Bertz CT molecular complexity index is 828. The van der Waals surface area contributed by atoms with Crippen LogP contribution in [0.1, 0.15) is 17.5 Å². The number of anilines is 1. The summed E-state index contributed by atoms with van der Waals surface area (Å²) in [4.78, 5) is 44.0. The van der Waals surface area contributed by atoms with Crippen LogP contribution in [0.2, 0.25) is 0 Å². The van der Waals surface area contributed by atoms with Gasteiger partial charge in [-0.15, -0.1) is 0 Å². The Kier molecular flexibility index (Phi) is 6.17. The van der Waals surface area contributed by atoms with Crippen molar-refractivity contribution in [3.05, 3.63) is 29.3 Å². The maximum absolute atomic E-state index is 13.1. The van der Waals surface area contributed by atoms with E-state index >= 15 is 0 Å². The summed E-state index contributed by atoms with van der Waals surface area (Å²) < 4.78 is 5.32. The van der Waals surface area contributed by atoms with Crippen molar-refractivity contribution in [1.29, 1.82) is 0 Å². The van der Waals surface area contributed by atoms with Gasteiger partial charge in [0.1, 0.15) is 26.2 Å². The lowest BCUT2D eigenvalue weighted by molar-refractivity contribution is -1.02. The summed E-state index contributed by atoms with van der Waals surface area (Å²) in [5.41, 5.74) is 2.77. The molecule has 0 unspecified atom stereocenters. The number of amides is 3. The number of imide groups is 1. The number of rotatable bonds is 4. The van der Waals surface area contributed by atoms with Gasteiger partial charge < -0.3 is 19.4 Å². The average molecular weight is 417 g/mol. The summed E-state index contributed by atoms with van der Waals surface area (Å²) in [6.45, 7) is 10.3. The van der Waals surface area contributed by atoms with Crippen LogP contribution in [-0.4, -0.2) is 87.7 Å². The molecule has 4 rings (SSSR count). The number of hydrogen-bond donors (Lipinski definition) is 2. The zero-order chi connectivity index (χ0) is 21.3. The molecule has 3 aliphatic rings. The van der Waals surface area contributed by atoms with Gasteiger partial charge in [-0.05, 0) is 25.5 Å². The van der Waals surface area contributed by atoms with Crippen molar-refractivity contribution in [2.24, 2.45) is 0 Å². The van der Waals surface area contributed by atoms with E-state index in [2.05, 4.69) is 0 Å². The molecule has 3 amide bonds. The van der Waals surface area contributed by atoms with Crippen LogP contribution in [0.5, 0.6) is 0 Å². The molecule has 0 saturated carbocycles. The minimum absolute atomic E-state index is 0.0882. The van der Waals surface area contributed by atoms with Crippen molar-refractivity contribution < 1.29 is 28.9 Å². The molecule has 1 aromatic rings. The Morgan fingerprint density at radius 3 is 2.47 bits per heavy atom. The molecule has 0 bridgehead atoms. The van der Waals surface area contributed by atoms with Crippen molar-refractivity contribution in [2.45, 2.75) is 26.3 Å². The molecule has 0 spiro atoms. The van der Waals surface area contributed by atoms with E-state index in [1.54, 1.807) is 0 Å². The first-order valence-corrected chi connectivity index (χ1v) is 10.9. The first-order valence-electron chi connectivity index (χ1n) is 10.9. The van der Waals surface area contributed by atoms with Gasteiger partial charge >= 0.3 is 0 Å². The van der Waals surface area contributed by atoms with E-state index in [1.807, 2.05) is 36.9 Å². The van der Waals surface area contributed by atoms with Crippen LogP contribution in [-0.2, 0) is 19.1 Å². The summed E-state index contributed by atoms with van der Waals surface area (Å²) in [6, 6.07) is 5.51. The number of aryl methyl sites for hydroxylation is 2. The van der Waals surface area contributed by atoms with Crippen LogP contribution < -0.4 is 14.7 Å². The van der Waals surface area contributed by atoms with E-state index in [0.717, 1.165) is 37.3 Å². The summed E-state index contributed by atoms with van der Waals surface area (Å²) in [5, 5.41) is 0. The maximum Gasteiger partial charge on any atom is 0.292 e. The molecule has 1 aromatic carbocycles. The quantitative estimate of drug-likeness (QED) is 0.536. The molecule has 3 saturated heterocycles. The van der Waals surface area contributed by atoms with Gasteiger partial charge in [-0.2, -0.15) is 0 Å². The fourth-order valence-electron chi connectivity index (χ4n) is 4.85. The van der Waals surface area contributed by atoms with Crippen molar-refractivity contribution in [2.75, 3.05) is 63.9 Å². The third kappa shape index (κ3) is 4.26. The molecule has 3 fully saturated rings. The van der Waals surface area contributed by atoms with Crippen LogP contribution in [0.15, 0.2) is 18.2 Å². The molecule has 8 heteroatoms. The summed E-state index contributed by atoms with van der Waals surface area (Å²) in [6.07, 6.45) is 0.267. The van der Waals surface area contributed by atoms with E-state index in [4.69, 9.17) is 4.74 Å². The second kappa shape index (κ2) is 8.83. The number of morpholine rings is 1. The lowest BCUT2D eigenvalue weighted by Gasteiger charge is -2.33. The highest BCUT2D eigenvalue weighted by Crippen LogP contribution is 2.26. The third-order valence-electron chi connectivity index (χ3n) is 6.60. The molecule has 0 aliphatic carbocycles. The minimum atomic E-state index is -0.310. The lowest BCUT2D eigenvalue weighted by atomic mass is 10.1. The molecule has 162 valence electrons. The number of carbonyl (C=O) groups is 3. The number of hydrogen-bond acceptors (Lipinski definition) is 4. The topological polar surface area (TPSA) is 75.8 Å². The summed E-state index contributed by atoms with van der Waals surface area (Å²) >= 11 is 0. The van der Waals surface area contributed by atoms with Crippen LogP contribution in [0.25, 0.3) is 0 Å². The molecule has 1 atom stereocenters. The number of ether oxygens (including phenoxy) is 1. The van der Waals surface area contributed by atoms with Crippen molar-refractivity contribution in [3.63, 3.8) is 0 Å². The standard InChI is InChI=1S/C22H30N4O4/c1-16-3-4-18(17(2)13-16)26-20(27)14-19(22(26)29)24-7-5-23(6-8-24)15-21(28)25-9-11-30-12-10-25/h3-4,13,19H,5-12,14-15H2,1-2H3/p+2/t19-/m0/s1. The van der Waals surface area contributed by atoms with Gasteiger partial charge in [-0.1, -0.05) is 17.7 Å². The molecule has 8 nitrogen and oxygen atoms in total. The van der Waals surface area contributed by atoms with Crippen LogP contribution >= 0.6 is 0 Å². The highest BCUT2D eigenvalue weighted by atomic mass is 16.5. The second-order valence-corrected chi connectivity index (χ2v) is 8.69. The number of nitrogens with zero attached hydrogens (tertiary/aromatic N) is 2. The number of piperazine rings is 1. The van der Waals surface area contributed by atoms with Crippen LogP contribution in [0.4, 0.5) is 5.69 Å². The van der Waals surface area contributed by atoms with Gasteiger partial charge in [0.2, 0.25) is 5.91 Å². The number of quaternary nitrogens is 2. The fraction of sp³-hybridized carbons (Fsp3) is 0.591. The SMILES string of the molecule is Cc1ccc(N2C(=O)C[C@H]([NH+]3CC[NH+](CC(=O)N4CCOCC4)CC3)C2=O)c(C)c1. The van der Waals surface area contributed by atoms with E-state index < -0.39 is 0 Å². The average Bonchev–Trinajstić information content (AvgIpc) is 3.03. The van der Waals surface area contributed by atoms with E-state index in [1.165, 1.54) is 14.7 Å². The predicted molar refractivity (Wildman–Crippen MR) is 110 cm³/mol. The zero-order valence-electron chi connectivity index (χ0n) is 17.9. The van der Waals surface area contributed by atoms with Crippen molar-refractivity contribution >= 4 is 23.4 Å². The maximum atomic E-state index is 13.1. The molecular weight excluding hydrogens is 384 g/mol. The van der Waals surface area contributed by atoms with Gasteiger partial charge in [-0.25, -0.2) is 4.90 Å². The molecular formula is C22H32N4O4+2. The Labute approximate surface area is 177 Å². The number of carbonyl (C=O) groups excluding carboxylic acids is 3. The fourth-order valence-corrected chi connectivity index (χ4v) is 4.85. The first kappa shape index (κ1) is 21.0. The van der Waals surface area contributed by atoms with Gasteiger partial charge in [0.25, 0.3) is 11.8 Å². The minimum Gasteiger partial charge on any atom is -0.378 e. The van der Waals surface area contributed by atoms with E-state index in [9.17, 15) is 14.4 Å². The highest BCUT2D eigenvalue weighted by molar-refractivity contribution is 6.22. The normalized spacial score (nSPS) is 27.6. The van der Waals surface area contributed by atoms with E-state index in [-0.39, 0.29) is 30.2 Å². The Hall–Kier alpha value is -2.29. The predicted octanol–water partition coefficient (Wildman–Crippen LogP) is -2.42. The molecule has 0 radical (unpaired) electrons. The Morgan fingerprint density at radius 1 is 1.10 bits per heavy atom. The first-order chi connectivity index (χ1) is 14.4. The van der Waals surface area contributed by atoms with Gasteiger partial charge in [-0.3, -0.25) is 14.4 Å². The highest BCUT2D eigenvalue weighted by Gasteiger charge is 2.47. The second-order valence-electron chi connectivity index (χ2n) is 8.69. The molecule has 3 aliphatic heterocycles. The molecule has 30 heavy (non-hydrogen) atoms. The van der Waals surface area contributed by atoms with E-state index in [0.29, 0.717) is 38.5 Å². The number of nitrogens with one attached hydrogen (secondary N) is 2. The third-order valence-corrected chi connectivity index (χ3v) is 6.60. The summed E-state index contributed by atoms with van der Waals surface area (Å²) in [7, 11) is 0. The smallest absolute Gasteiger partial charge is 0.292 e. The van der Waals surface area contributed by atoms with Crippen molar-refractivity contribution in [1.82, 2.24) is 4.90 Å². The Balaban J connectivity index is 1.34. The molecule has 2 N–H and O–H groups in total. The Morgan fingerprint density at radius 2 is 1.80 bits per heavy atom. The van der Waals surface area contributed by atoms with Crippen LogP contribution in [0.3, 0.4) is 0 Å². The van der Waals surface area contributed by atoms with Gasteiger partial charge in [0.05, 0.1) is 25.3 Å². The number of benzene rings is 1. The molecule has 3 heterocycles. The van der Waals surface area contributed by atoms with Crippen LogP contribution in [0, 0.1) is 13.8 Å². The lowest BCUT2D eigenvalue weighted by Crippen LogP contribution is -3.30. The zero-order valence-corrected chi connectivity index (χ0v) is 17.9.